The molecule has 3 rings (SSSR count). The number of nitrogens with one attached hydrogen (secondary N) is 2. The third-order valence-corrected chi connectivity index (χ3v) is 6.11. The van der Waals surface area contributed by atoms with Gasteiger partial charge in [0.05, 0.1) is 6.10 Å². The van der Waals surface area contributed by atoms with Gasteiger partial charge in [-0.2, -0.15) is 11.8 Å². The zero-order valence-corrected chi connectivity index (χ0v) is 18.0. The van der Waals surface area contributed by atoms with Gasteiger partial charge in [0.2, 0.25) is 5.91 Å². The highest BCUT2D eigenvalue weighted by atomic mass is 35.5. The number of aliphatic hydroxyl groups excluding tert-OH is 1. The van der Waals surface area contributed by atoms with Crippen molar-refractivity contribution in [2.24, 2.45) is 0 Å². The van der Waals surface area contributed by atoms with Crippen molar-refractivity contribution in [2.45, 2.75) is 44.5 Å². The molecule has 0 bridgehead atoms. The predicted octanol–water partition coefficient (Wildman–Crippen LogP) is 2.20. The maximum absolute atomic E-state index is 12.2. The van der Waals surface area contributed by atoms with Crippen LogP contribution in [0.2, 0.25) is 0 Å². The molecular formula is C19H31Cl2N3O2S. The molecule has 2 aliphatic heterocycles. The number of carbonyl (C=O) groups excluding carboxylic acids is 1. The fraction of sp³-hybridized carbons (Fsp3) is 0.632. The number of rotatable bonds is 6. The lowest BCUT2D eigenvalue weighted by molar-refractivity contribution is -0.121. The standard InChI is InChI=1S/C19H29N3O2S.2ClH/c23-18-5-8-22(9-6-18)13-16-4-2-1-3-15(16)12-21-19(24)11-17-14-25-10-7-20-17;;/h1-4,17-18,20,23H,5-14H2,(H,21,24);2*1H. The minimum Gasteiger partial charge on any atom is -0.393 e. The molecule has 2 fully saturated rings. The summed E-state index contributed by atoms with van der Waals surface area (Å²) in [5.41, 5.74) is 2.46. The molecule has 5 nitrogen and oxygen atoms in total. The van der Waals surface area contributed by atoms with Crippen molar-refractivity contribution in [2.75, 3.05) is 31.1 Å². The van der Waals surface area contributed by atoms with Gasteiger partial charge in [0.15, 0.2) is 0 Å². The number of carbonyl (C=O) groups is 1. The van der Waals surface area contributed by atoms with E-state index in [1.54, 1.807) is 0 Å². The van der Waals surface area contributed by atoms with Crippen LogP contribution in [0.5, 0.6) is 0 Å². The van der Waals surface area contributed by atoms with Crippen LogP contribution >= 0.6 is 36.6 Å². The highest BCUT2D eigenvalue weighted by Gasteiger charge is 2.19. The first-order valence-corrected chi connectivity index (χ1v) is 10.4. The highest BCUT2D eigenvalue weighted by molar-refractivity contribution is 7.99. The largest absolute Gasteiger partial charge is 0.393 e. The lowest BCUT2D eigenvalue weighted by atomic mass is 10.0. The SMILES string of the molecule is Cl.Cl.O=C(CC1CSCCN1)NCc1ccccc1CN1CCC(O)CC1. The van der Waals surface area contributed by atoms with Crippen LogP contribution in [0.3, 0.4) is 0 Å². The van der Waals surface area contributed by atoms with E-state index in [-0.39, 0.29) is 36.8 Å². The lowest BCUT2D eigenvalue weighted by Crippen LogP contribution is -2.41. The maximum atomic E-state index is 12.2. The molecule has 0 aromatic heterocycles. The number of halogens is 2. The van der Waals surface area contributed by atoms with E-state index in [0.717, 1.165) is 50.5 Å². The summed E-state index contributed by atoms with van der Waals surface area (Å²) in [4.78, 5) is 14.6. The van der Waals surface area contributed by atoms with Crippen LogP contribution in [0, 0.1) is 0 Å². The number of amides is 1. The van der Waals surface area contributed by atoms with Gasteiger partial charge in [-0.1, -0.05) is 24.3 Å². The second kappa shape index (κ2) is 12.9. The molecule has 0 aliphatic carbocycles. The van der Waals surface area contributed by atoms with Crippen LogP contribution < -0.4 is 10.6 Å². The smallest absolute Gasteiger partial charge is 0.221 e. The van der Waals surface area contributed by atoms with Gasteiger partial charge in [0, 0.05) is 56.7 Å². The molecule has 1 atom stereocenters. The summed E-state index contributed by atoms with van der Waals surface area (Å²) in [5.74, 6) is 2.28. The first kappa shape index (κ1) is 24.5. The molecular weight excluding hydrogens is 405 g/mol. The summed E-state index contributed by atoms with van der Waals surface area (Å²) in [6, 6.07) is 8.63. The van der Waals surface area contributed by atoms with Crippen LogP contribution in [0.4, 0.5) is 0 Å². The minimum absolute atomic E-state index is 0. The highest BCUT2D eigenvalue weighted by Crippen LogP contribution is 2.17. The number of hydrogen-bond donors (Lipinski definition) is 3. The van der Waals surface area contributed by atoms with Gasteiger partial charge >= 0.3 is 0 Å². The van der Waals surface area contributed by atoms with Gasteiger partial charge < -0.3 is 15.7 Å². The molecule has 2 saturated heterocycles. The van der Waals surface area contributed by atoms with Gasteiger partial charge in [-0.25, -0.2) is 0 Å². The molecule has 1 amide bonds. The molecule has 1 aromatic rings. The Morgan fingerprint density at radius 1 is 1.22 bits per heavy atom. The van der Waals surface area contributed by atoms with Crippen molar-refractivity contribution >= 4 is 42.5 Å². The topological polar surface area (TPSA) is 64.6 Å². The first-order valence-electron chi connectivity index (χ1n) is 9.26. The summed E-state index contributed by atoms with van der Waals surface area (Å²) >= 11 is 1.92. The maximum Gasteiger partial charge on any atom is 0.221 e. The Bertz CT molecular complexity index is 566. The molecule has 0 spiro atoms. The van der Waals surface area contributed by atoms with E-state index in [9.17, 15) is 9.90 Å². The molecule has 1 aromatic carbocycles. The number of likely N-dealkylation sites (tertiary alicyclic amines) is 1. The minimum atomic E-state index is -0.141. The summed E-state index contributed by atoms with van der Waals surface area (Å²) < 4.78 is 0. The van der Waals surface area contributed by atoms with Crippen LogP contribution in [0.15, 0.2) is 24.3 Å². The summed E-state index contributed by atoms with van der Waals surface area (Å²) in [6.07, 6.45) is 2.12. The fourth-order valence-electron chi connectivity index (χ4n) is 3.44. The van der Waals surface area contributed by atoms with Crippen molar-refractivity contribution in [1.82, 2.24) is 15.5 Å². The first-order chi connectivity index (χ1) is 12.2. The Morgan fingerprint density at radius 3 is 2.59 bits per heavy atom. The molecule has 3 N–H and O–H groups in total. The van der Waals surface area contributed by atoms with E-state index < -0.39 is 0 Å². The Hall–Kier alpha value is -0.500. The molecule has 1 unspecified atom stereocenters. The fourth-order valence-corrected chi connectivity index (χ4v) is 4.39. The molecule has 0 radical (unpaired) electrons. The molecule has 27 heavy (non-hydrogen) atoms. The van der Waals surface area contributed by atoms with Crippen molar-refractivity contribution in [1.29, 1.82) is 0 Å². The molecule has 2 aliphatic rings. The monoisotopic (exact) mass is 435 g/mol. The number of nitrogens with zero attached hydrogens (tertiary/aromatic N) is 1. The quantitative estimate of drug-likeness (QED) is 0.638. The van der Waals surface area contributed by atoms with Gasteiger partial charge in [0.25, 0.3) is 0 Å². The predicted molar refractivity (Wildman–Crippen MR) is 117 cm³/mol. The Morgan fingerprint density at radius 2 is 1.93 bits per heavy atom. The molecule has 2 heterocycles. The van der Waals surface area contributed by atoms with E-state index in [1.165, 1.54) is 11.1 Å². The third kappa shape index (κ3) is 8.18. The second-order valence-corrected chi connectivity index (χ2v) is 8.13. The van der Waals surface area contributed by atoms with Crippen molar-refractivity contribution < 1.29 is 9.90 Å². The average Bonchev–Trinajstić information content (AvgIpc) is 2.64. The van der Waals surface area contributed by atoms with Gasteiger partial charge in [-0.05, 0) is 24.0 Å². The molecule has 0 saturated carbocycles. The summed E-state index contributed by atoms with van der Waals surface area (Å²) in [6.45, 7) is 4.35. The van der Waals surface area contributed by atoms with Gasteiger partial charge in [-0.15, -0.1) is 24.8 Å². The number of aliphatic hydroxyl groups is 1. The Balaban J connectivity index is 0.00000182. The van der Waals surface area contributed by atoms with Gasteiger partial charge in [-0.3, -0.25) is 9.69 Å². The molecule has 8 heteroatoms. The summed E-state index contributed by atoms with van der Waals surface area (Å²) in [7, 11) is 0. The van der Waals surface area contributed by atoms with Gasteiger partial charge in [0.1, 0.15) is 0 Å². The third-order valence-electron chi connectivity index (χ3n) is 4.98. The number of hydrogen-bond acceptors (Lipinski definition) is 5. The van der Waals surface area contributed by atoms with Crippen LogP contribution in [-0.2, 0) is 17.9 Å². The van der Waals surface area contributed by atoms with Crippen molar-refractivity contribution in [3.05, 3.63) is 35.4 Å². The van der Waals surface area contributed by atoms with Crippen molar-refractivity contribution in [3.8, 4) is 0 Å². The Kier molecular flexibility index (Phi) is 11.7. The van der Waals surface area contributed by atoms with E-state index in [1.807, 2.05) is 17.8 Å². The number of piperidine rings is 1. The van der Waals surface area contributed by atoms with E-state index >= 15 is 0 Å². The zero-order valence-electron chi connectivity index (χ0n) is 15.6. The number of thioether (sulfide) groups is 1. The number of benzene rings is 1. The normalized spacial score (nSPS) is 21.0. The second-order valence-electron chi connectivity index (χ2n) is 6.98. The Labute approximate surface area is 178 Å². The van der Waals surface area contributed by atoms with Crippen molar-refractivity contribution in [3.63, 3.8) is 0 Å². The van der Waals surface area contributed by atoms with E-state index in [2.05, 4.69) is 33.7 Å². The zero-order chi connectivity index (χ0) is 17.5. The molecule has 154 valence electrons. The van der Waals surface area contributed by atoms with E-state index in [4.69, 9.17) is 0 Å². The van der Waals surface area contributed by atoms with E-state index in [0.29, 0.717) is 19.0 Å². The average molecular weight is 436 g/mol. The lowest BCUT2D eigenvalue weighted by Gasteiger charge is -2.30. The van der Waals surface area contributed by atoms with Crippen LogP contribution in [0.1, 0.15) is 30.4 Å². The van der Waals surface area contributed by atoms with Crippen LogP contribution in [0.25, 0.3) is 0 Å². The van der Waals surface area contributed by atoms with Crippen LogP contribution in [-0.4, -0.2) is 59.2 Å². The summed E-state index contributed by atoms with van der Waals surface area (Å²) in [5, 5.41) is 16.1.